The number of aryl methyl sites for hydroxylation is 1. The second-order valence-corrected chi connectivity index (χ2v) is 4.43. The Hall–Kier alpha value is -1.94. The number of rotatable bonds is 5. The summed E-state index contributed by atoms with van der Waals surface area (Å²) in [4.78, 5) is 11.1. The molecule has 0 atom stereocenters. The van der Waals surface area contributed by atoms with Gasteiger partial charge in [0.15, 0.2) is 0 Å². The molecule has 0 aromatic carbocycles. The minimum atomic E-state index is -0.0336. The number of pyridine rings is 2. The molecule has 0 bridgehead atoms. The van der Waals surface area contributed by atoms with Crippen molar-refractivity contribution in [2.24, 2.45) is 0 Å². The van der Waals surface area contributed by atoms with Crippen molar-refractivity contribution in [3.05, 3.63) is 53.5 Å². The van der Waals surface area contributed by atoms with Gasteiger partial charge in [-0.05, 0) is 38.1 Å². The van der Waals surface area contributed by atoms with Gasteiger partial charge in [-0.2, -0.15) is 0 Å². The molecule has 19 heavy (non-hydrogen) atoms. The molecule has 0 spiro atoms. The second kappa shape index (κ2) is 6.29. The first kappa shape index (κ1) is 13.5. The maximum atomic E-state index is 9.15. The molecule has 0 amide bonds. The monoisotopic (exact) mass is 257 g/mol. The van der Waals surface area contributed by atoms with Gasteiger partial charge in [-0.1, -0.05) is 12.1 Å². The first-order valence-corrected chi connectivity index (χ1v) is 6.47. The van der Waals surface area contributed by atoms with Gasteiger partial charge in [0.2, 0.25) is 0 Å². The third kappa shape index (κ3) is 3.51. The predicted octanol–water partition coefficient (Wildman–Crippen LogP) is 2.30. The third-order valence-electron chi connectivity index (χ3n) is 2.96. The Labute approximate surface area is 113 Å². The smallest absolute Gasteiger partial charge is 0.129 e. The van der Waals surface area contributed by atoms with Crippen LogP contribution in [-0.4, -0.2) is 21.6 Å². The second-order valence-electron chi connectivity index (χ2n) is 4.43. The van der Waals surface area contributed by atoms with Crippen LogP contribution in [0.4, 0.5) is 5.82 Å². The minimum absolute atomic E-state index is 0.0336. The molecule has 4 nitrogen and oxygen atoms in total. The SMILES string of the molecule is CCN(Cc1cccc(C)n1)c1cccc(CO)n1. The van der Waals surface area contributed by atoms with Crippen LogP contribution in [0.3, 0.4) is 0 Å². The Morgan fingerprint density at radius 2 is 1.79 bits per heavy atom. The highest BCUT2D eigenvalue weighted by molar-refractivity contribution is 5.39. The summed E-state index contributed by atoms with van der Waals surface area (Å²) in [6.07, 6.45) is 0. The molecule has 0 aliphatic carbocycles. The molecule has 0 aliphatic heterocycles. The van der Waals surface area contributed by atoms with Crippen molar-refractivity contribution in [2.75, 3.05) is 11.4 Å². The Morgan fingerprint density at radius 3 is 2.47 bits per heavy atom. The van der Waals surface area contributed by atoms with Crippen LogP contribution in [0.2, 0.25) is 0 Å². The summed E-state index contributed by atoms with van der Waals surface area (Å²) in [5, 5.41) is 9.15. The fraction of sp³-hybridized carbons (Fsp3) is 0.333. The molecular formula is C15H19N3O. The molecule has 2 aromatic rings. The van der Waals surface area contributed by atoms with Crippen molar-refractivity contribution in [3.63, 3.8) is 0 Å². The van der Waals surface area contributed by atoms with Gasteiger partial charge < -0.3 is 10.0 Å². The average molecular weight is 257 g/mol. The molecule has 2 rings (SSSR count). The van der Waals surface area contributed by atoms with Crippen LogP contribution >= 0.6 is 0 Å². The fourth-order valence-electron chi connectivity index (χ4n) is 1.97. The van der Waals surface area contributed by atoms with Crippen LogP contribution in [0, 0.1) is 6.92 Å². The van der Waals surface area contributed by atoms with E-state index in [1.165, 1.54) is 0 Å². The van der Waals surface area contributed by atoms with Crippen LogP contribution in [0.25, 0.3) is 0 Å². The summed E-state index contributed by atoms with van der Waals surface area (Å²) in [6, 6.07) is 11.7. The number of hydrogen-bond acceptors (Lipinski definition) is 4. The molecule has 100 valence electrons. The average Bonchev–Trinajstić information content (AvgIpc) is 2.45. The van der Waals surface area contributed by atoms with Crippen molar-refractivity contribution in [1.29, 1.82) is 0 Å². The van der Waals surface area contributed by atoms with E-state index in [0.29, 0.717) is 5.69 Å². The Balaban J connectivity index is 2.19. The van der Waals surface area contributed by atoms with E-state index in [1.807, 2.05) is 43.3 Å². The van der Waals surface area contributed by atoms with Crippen LogP contribution in [0.5, 0.6) is 0 Å². The molecule has 0 fully saturated rings. The summed E-state index contributed by atoms with van der Waals surface area (Å²) in [5.74, 6) is 0.873. The minimum Gasteiger partial charge on any atom is -0.390 e. The zero-order valence-corrected chi connectivity index (χ0v) is 11.4. The van der Waals surface area contributed by atoms with Crippen LogP contribution in [-0.2, 0) is 13.2 Å². The number of aromatic nitrogens is 2. The van der Waals surface area contributed by atoms with Gasteiger partial charge in [-0.25, -0.2) is 4.98 Å². The predicted molar refractivity (Wildman–Crippen MR) is 75.9 cm³/mol. The lowest BCUT2D eigenvalue weighted by molar-refractivity contribution is 0.277. The van der Waals surface area contributed by atoms with Crippen molar-refractivity contribution in [2.45, 2.75) is 27.0 Å². The highest BCUT2D eigenvalue weighted by atomic mass is 16.3. The first-order valence-electron chi connectivity index (χ1n) is 6.47. The lowest BCUT2D eigenvalue weighted by atomic mass is 10.3. The van der Waals surface area contributed by atoms with E-state index in [9.17, 15) is 0 Å². The van der Waals surface area contributed by atoms with Crippen LogP contribution in [0.15, 0.2) is 36.4 Å². The van der Waals surface area contributed by atoms with Crippen molar-refractivity contribution >= 4 is 5.82 Å². The Morgan fingerprint density at radius 1 is 1.05 bits per heavy atom. The Kier molecular flexibility index (Phi) is 4.47. The fourth-order valence-corrected chi connectivity index (χ4v) is 1.97. The van der Waals surface area contributed by atoms with Gasteiger partial charge >= 0.3 is 0 Å². The molecule has 2 aromatic heterocycles. The maximum Gasteiger partial charge on any atom is 0.129 e. The van der Waals surface area contributed by atoms with E-state index in [4.69, 9.17) is 5.11 Å². The van der Waals surface area contributed by atoms with E-state index in [0.717, 1.165) is 30.3 Å². The van der Waals surface area contributed by atoms with E-state index in [1.54, 1.807) is 0 Å². The number of hydrogen-bond donors (Lipinski definition) is 1. The van der Waals surface area contributed by atoms with Crippen molar-refractivity contribution < 1.29 is 5.11 Å². The van der Waals surface area contributed by atoms with Gasteiger partial charge in [-0.15, -0.1) is 0 Å². The molecular weight excluding hydrogens is 238 g/mol. The van der Waals surface area contributed by atoms with Gasteiger partial charge in [0.05, 0.1) is 24.5 Å². The zero-order chi connectivity index (χ0) is 13.7. The van der Waals surface area contributed by atoms with E-state index in [-0.39, 0.29) is 6.61 Å². The highest BCUT2D eigenvalue weighted by Gasteiger charge is 2.08. The first-order chi connectivity index (χ1) is 9.22. The summed E-state index contributed by atoms with van der Waals surface area (Å²) in [5.41, 5.74) is 2.73. The summed E-state index contributed by atoms with van der Waals surface area (Å²) in [7, 11) is 0. The summed E-state index contributed by atoms with van der Waals surface area (Å²) >= 11 is 0. The van der Waals surface area contributed by atoms with Gasteiger partial charge in [0.1, 0.15) is 5.82 Å². The van der Waals surface area contributed by atoms with Crippen LogP contribution in [0.1, 0.15) is 24.0 Å². The summed E-state index contributed by atoms with van der Waals surface area (Å²) < 4.78 is 0. The van der Waals surface area contributed by atoms with Gasteiger partial charge in [-0.3, -0.25) is 4.98 Å². The molecule has 0 saturated heterocycles. The standard InChI is InChI=1S/C15H19N3O/c1-3-18(10-13-7-4-6-12(2)16-13)15-9-5-8-14(11-19)17-15/h4-9,19H,3,10-11H2,1-2H3. The zero-order valence-electron chi connectivity index (χ0n) is 11.4. The maximum absolute atomic E-state index is 9.15. The van der Waals surface area contributed by atoms with Gasteiger partial charge in [0, 0.05) is 12.2 Å². The molecule has 2 heterocycles. The number of nitrogens with zero attached hydrogens (tertiary/aromatic N) is 3. The van der Waals surface area contributed by atoms with Gasteiger partial charge in [0.25, 0.3) is 0 Å². The van der Waals surface area contributed by atoms with Crippen molar-refractivity contribution in [1.82, 2.24) is 9.97 Å². The van der Waals surface area contributed by atoms with E-state index >= 15 is 0 Å². The molecule has 0 saturated carbocycles. The summed E-state index contributed by atoms with van der Waals surface area (Å²) in [6.45, 7) is 5.61. The quantitative estimate of drug-likeness (QED) is 0.893. The van der Waals surface area contributed by atoms with Crippen molar-refractivity contribution in [3.8, 4) is 0 Å². The molecule has 0 radical (unpaired) electrons. The normalized spacial score (nSPS) is 10.5. The largest absolute Gasteiger partial charge is 0.390 e. The lowest BCUT2D eigenvalue weighted by Gasteiger charge is -2.22. The highest BCUT2D eigenvalue weighted by Crippen LogP contribution is 2.14. The molecule has 0 unspecified atom stereocenters. The van der Waals surface area contributed by atoms with E-state index in [2.05, 4.69) is 21.8 Å². The molecule has 1 N–H and O–H groups in total. The number of aliphatic hydroxyl groups is 1. The topological polar surface area (TPSA) is 49.2 Å². The number of anilines is 1. The third-order valence-corrected chi connectivity index (χ3v) is 2.96. The Bertz CT molecular complexity index is 542. The van der Waals surface area contributed by atoms with Crippen LogP contribution < -0.4 is 4.90 Å². The van der Waals surface area contributed by atoms with E-state index < -0.39 is 0 Å². The lowest BCUT2D eigenvalue weighted by Crippen LogP contribution is -2.24. The molecule has 4 heteroatoms. The molecule has 0 aliphatic rings. The number of aliphatic hydroxyl groups excluding tert-OH is 1.